The van der Waals surface area contributed by atoms with E-state index in [0.29, 0.717) is 23.0 Å². The van der Waals surface area contributed by atoms with Crippen LogP contribution in [0.5, 0.6) is 23.0 Å². The van der Waals surface area contributed by atoms with E-state index in [9.17, 15) is 0 Å². The molecule has 0 atom stereocenters. The van der Waals surface area contributed by atoms with Crippen molar-refractivity contribution in [2.24, 2.45) is 0 Å². The van der Waals surface area contributed by atoms with Gasteiger partial charge in [-0.15, -0.1) is 94.5 Å². The van der Waals surface area contributed by atoms with Crippen molar-refractivity contribution in [3.05, 3.63) is 497 Å². The maximum atomic E-state index is 6.57. The van der Waals surface area contributed by atoms with Crippen LogP contribution in [-0.2, 0) is 42.1 Å². The molecule has 26 rings (SSSR count). The van der Waals surface area contributed by atoms with Crippen LogP contribution in [0.4, 0.5) is 0 Å². The summed E-state index contributed by atoms with van der Waals surface area (Å²) in [5.41, 5.74) is 31.0. The van der Waals surface area contributed by atoms with Gasteiger partial charge in [0.1, 0.15) is 5.69 Å². The van der Waals surface area contributed by atoms with Crippen LogP contribution in [0.25, 0.3) is 209 Å². The van der Waals surface area contributed by atoms with Gasteiger partial charge in [0.25, 0.3) is 12.7 Å². The van der Waals surface area contributed by atoms with Crippen LogP contribution in [0, 0.1) is 36.9 Å². The first-order valence-corrected chi connectivity index (χ1v) is 47.0. The standard InChI is InChI=1S/C68H43N3OS.C56H33N5OS.2Pt/c1-5-18-47(19-6-1)52-38-53(48-20-7-2-8-21-48)41-56(40-52)61-30-17-31-62(57-42-54(49-22-9-3-10-23-49)39-55(43-57)50-24-11-4-12-25-50)68(61)71-46-70(64-32-13-14-33-65(64)71)58-27-16-29-60(45-58)72-59-28-15-26-51(44-59)67-63-35-37-73-66(63)34-36-69-67;1-5-22-46-41(18-1)42-19-2-6-23-47(42)60(46)52-28-13-29-53(61-48-24-7-3-20-43(48)44-21-4-8-25-49(44)61)56(52)59-36-58(50-26-9-10-27-51(50)59)38-15-12-17-40(35-38)62-39-16-11-14-37(34-39)55-45-31-33-63-54(45)30-32-57-55;;/h1-43H;1-33H;;/q2*-2;;. The molecule has 0 aliphatic heterocycles. The van der Waals surface area contributed by atoms with E-state index in [2.05, 4.69) is 433 Å². The number of nitrogens with zero attached hydrogens (tertiary/aromatic N) is 8. The number of ether oxygens (including phenoxy) is 2. The zero-order valence-corrected chi connectivity index (χ0v) is 79.9. The third kappa shape index (κ3) is 15.9. The molecule has 26 aromatic rings. The minimum atomic E-state index is 0. The Labute approximate surface area is 833 Å². The molecule has 0 radical (unpaired) electrons. The predicted octanol–water partition coefficient (Wildman–Crippen LogP) is 30.9. The number of fused-ring (bicyclic) bond motifs is 10. The molecule has 8 aromatic heterocycles. The van der Waals surface area contributed by atoms with E-state index in [4.69, 9.17) is 19.4 Å². The molecule has 0 fully saturated rings. The maximum absolute atomic E-state index is 6.57. The number of rotatable bonds is 18. The third-order valence-corrected chi connectivity index (χ3v) is 27.2. The summed E-state index contributed by atoms with van der Waals surface area (Å²) in [7, 11) is 0. The maximum Gasteiger partial charge on any atom is 0.268 e. The number of benzene rings is 18. The predicted molar refractivity (Wildman–Crippen MR) is 554 cm³/mol. The second-order valence-corrected chi connectivity index (χ2v) is 35.4. The van der Waals surface area contributed by atoms with Crippen LogP contribution in [0.1, 0.15) is 0 Å². The Morgan fingerprint density at radius 3 is 0.942 bits per heavy atom. The van der Waals surface area contributed by atoms with Crippen molar-refractivity contribution >= 4 is 109 Å². The van der Waals surface area contributed by atoms with Crippen LogP contribution < -0.4 is 18.6 Å². The summed E-state index contributed by atoms with van der Waals surface area (Å²) < 4.78 is 28.9. The molecule has 660 valence electrons. The summed E-state index contributed by atoms with van der Waals surface area (Å²) in [6.07, 6.45) is 11.5. The van der Waals surface area contributed by atoms with Gasteiger partial charge in [0.15, 0.2) is 0 Å². The summed E-state index contributed by atoms with van der Waals surface area (Å²) >= 11 is 3.41. The summed E-state index contributed by atoms with van der Waals surface area (Å²) in [4.78, 5) is 9.44. The second-order valence-electron chi connectivity index (χ2n) is 33.5. The summed E-state index contributed by atoms with van der Waals surface area (Å²) in [6.45, 7) is 0. The van der Waals surface area contributed by atoms with E-state index in [1.807, 2.05) is 91.3 Å². The number of thiophene rings is 2. The van der Waals surface area contributed by atoms with Crippen molar-refractivity contribution in [1.29, 1.82) is 0 Å². The SMILES string of the molecule is [Pt].[Pt].[c-]1c(Oc2[c-]c(-n3[c-][n+](-c4c(-c5cc(-c6ccccc6)cc(-c6ccccc6)c5)cccc4-c4cc(-c5ccccc5)cc(-c5ccccc5)c4)c4ccccc43)ccc2)cccc1-c1nccc2sccc12.[c-]1c(Oc2[c-]c(-n3[c-][n+](-c4c(-n5c6ccccc6c6ccccc65)cccc4-n4c5ccccc5c5ccccc54)c4ccccc43)ccc2)cccc1-c1nccc2sccc12. The van der Waals surface area contributed by atoms with Crippen molar-refractivity contribution in [1.82, 2.24) is 28.2 Å². The van der Waals surface area contributed by atoms with Gasteiger partial charge in [0.05, 0.1) is 61.2 Å². The Kier molecular flexibility index (Phi) is 23.1. The minimum absolute atomic E-state index is 0. The quantitative estimate of drug-likeness (QED) is 0.0634. The average Bonchev–Trinajstić information content (AvgIpc) is 1.55. The van der Waals surface area contributed by atoms with Gasteiger partial charge < -0.3 is 37.7 Å². The molecule has 0 amide bonds. The molecule has 18 aromatic carbocycles. The molecule has 0 saturated heterocycles. The van der Waals surface area contributed by atoms with Crippen molar-refractivity contribution in [3.63, 3.8) is 0 Å². The first-order valence-electron chi connectivity index (χ1n) is 45.2. The van der Waals surface area contributed by atoms with Crippen molar-refractivity contribution in [2.75, 3.05) is 0 Å². The fraction of sp³-hybridized carbons (Fsp3) is 0. The van der Waals surface area contributed by atoms with Crippen molar-refractivity contribution in [2.45, 2.75) is 0 Å². The minimum Gasteiger partial charge on any atom is -0.503 e. The first kappa shape index (κ1) is 85.9. The number of pyridine rings is 2. The molecule has 0 bridgehead atoms. The molecular weight excluding hydrogens is 2090 g/mol. The summed E-state index contributed by atoms with van der Waals surface area (Å²) in [6, 6.07) is 168. The molecule has 0 aliphatic carbocycles. The fourth-order valence-electron chi connectivity index (χ4n) is 19.3. The summed E-state index contributed by atoms with van der Waals surface area (Å²) in [5, 5.41) is 11.2. The van der Waals surface area contributed by atoms with Gasteiger partial charge >= 0.3 is 0 Å². The van der Waals surface area contributed by atoms with E-state index in [0.717, 1.165) is 178 Å². The molecule has 0 unspecified atom stereocenters. The average molecular weight is 2160 g/mol. The molecule has 138 heavy (non-hydrogen) atoms. The zero-order chi connectivity index (χ0) is 89.9. The normalized spacial score (nSPS) is 11.4. The van der Waals surface area contributed by atoms with E-state index in [-0.39, 0.29) is 42.1 Å². The van der Waals surface area contributed by atoms with Gasteiger partial charge in [0, 0.05) is 108 Å². The monoisotopic (exact) mass is 2160 g/mol. The van der Waals surface area contributed by atoms with E-state index < -0.39 is 0 Å². The number of para-hydroxylation sites is 10. The molecule has 10 nitrogen and oxygen atoms in total. The Hall–Kier alpha value is -16.3. The molecule has 0 aliphatic rings. The number of imidazole rings is 2. The Balaban J connectivity index is 0.000000154. The summed E-state index contributed by atoms with van der Waals surface area (Å²) in [5.74, 6) is 2.29. The van der Waals surface area contributed by atoms with E-state index >= 15 is 0 Å². The Morgan fingerprint density at radius 1 is 0.246 bits per heavy atom. The van der Waals surface area contributed by atoms with Gasteiger partial charge in [-0.25, -0.2) is 0 Å². The van der Waals surface area contributed by atoms with Crippen LogP contribution in [0.3, 0.4) is 0 Å². The molecule has 8 heterocycles. The van der Waals surface area contributed by atoms with Crippen LogP contribution in [-0.4, -0.2) is 28.2 Å². The first-order chi connectivity index (χ1) is 67.4. The number of aromatic nitrogens is 8. The molecule has 14 heteroatoms. The Morgan fingerprint density at radius 2 is 0.558 bits per heavy atom. The largest absolute Gasteiger partial charge is 0.503 e. The smallest absolute Gasteiger partial charge is 0.268 e. The zero-order valence-electron chi connectivity index (χ0n) is 73.7. The van der Waals surface area contributed by atoms with Gasteiger partial charge in [-0.05, 0) is 196 Å². The van der Waals surface area contributed by atoms with Gasteiger partial charge in [-0.2, -0.15) is 24.3 Å². The van der Waals surface area contributed by atoms with Crippen LogP contribution in [0.2, 0.25) is 0 Å². The third-order valence-electron chi connectivity index (χ3n) is 25.4. The van der Waals surface area contributed by atoms with Crippen LogP contribution >= 0.6 is 22.7 Å². The Bertz CT molecular complexity index is 8600. The fourth-order valence-corrected chi connectivity index (χ4v) is 20.9. The van der Waals surface area contributed by atoms with E-state index in [1.165, 1.54) is 30.9 Å². The number of hydrogen-bond acceptors (Lipinski definition) is 6. The molecule has 0 spiro atoms. The molecule has 0 saturated carbocycles. The van der Waals surface area contributed by atoms with Crippen LogP contribution in [0.15, 0.2) is 460 Å². The second kappa shape index (κ2) is 37.2. The molecular formula is C124H76N8O2Pt2S2-4. The van der Waals surface area contributed by atoms with Gasteiger partial charge in [0.2, 0.25) is 0 Å². The van der Waals surface area contributed by atoms with Gasteiger partial charge in [-0.3, -0.25) is 9.13 Å². The topological polar surface area (TPSA) is 71.7 Å². The van der Waals surface area contributed by atoms with Crippen molar-refractivity contribution < 1.29 is 60.7 Å². The van der Waals surface area contributed by atoms with Crippen molar-refractivity contribution in [3.8, 4) is 146 Å². The number of hydrogen-bond donors (Lipinski definition) is 0. The van der Waals surface area contributed by atoms with Gasteiger partial charge in [-0.1, -0.05) is 291 Å². The van der Waals surface area contributed by atoms with E-state index in [1.54, 1.807) is 22.7 Å². The molecule has 0 N–H and O–H groups in total.